The van der Waals surface area contributed by atoms with Crippen LogP contribution in [-0.4, -0.2) is 6.17 Å². The maximum Gasteiger partial charge on any atom is 0.129 e. The van der Waals surface area contributed by atoms with Gasteiger partial charge in [-0.3, -0.25) is 0 Å². The summed E-state index contributed by atoms with van der Waals surface area (Å²) in [6.45, 7) is 8.03. The van der Waals surface area contributed by atoms with Gasteiger partial charge in [0.1, 0.15) is 6.17 Å². The molecule has 0 aromatic heterocycles. The van der Waals surface area contributed by atoms with Gasteiger partial charge in [0.25, 0.3) is 0 Å². The predicted octanol–water partition coefficient (Wildman–Crippen LogP) is 3.96. The Kier molecular flexibility index (Phi) is 3.07. The molecule has 0 nitrogen and oxygen atoms in total. The molecule has 0 saturated heterocycles. The van der Waals surface area contributed by atoms with Gasteiger partial charge < -0.3 is 0 Å². The number of hydrogen-bond acceptors (Lipinski definition) is 0. The average Bonchev–Trinajstić information content (AvgIpc) is 2.03. The molecule has 0 aromatic rings. The molecule has 0 spiro atoms. The van der Waals surface area contributed by atoms with Crippen LogP contribution in [0.15, 0.2) is 34.4 Å². The van der Waals surface area contributed by atoms with Crippen molar-refractivity contribution < 1.29 is 4.39 Å². The van der Waals surface area contributed by atoms with Crippen molar-refractivity contribution in [2.45, 2.75) is 40.3 Å². The van der Waals surface area contributed by atoms with E-state index >= 15 is 0 Å². The van der Waals surface area contributed by atoms with Crippen LogP contribution in [0.1, 0.15) is 34.1 Å². The van der Waals surface area contributed by atoms with E-state index in [0.717, 1.165) is 16.7 Å². The number of allylic oxidation sites excluding steroid dienone is 6. The minimum atomic E-state index is -0.806. The molecule has 1 heteroatoms. The van der Waals surface area contributed by atoms with E-state index in [1.54, 1.807) is 0 Å². The predicted molar refractivity (Wildman–Crippen MR) is 55.4 cm³/mol. The Morgan fingerprint density at radius 3 is 2.46 bits per heavy atom. The number of hydrogen-bond donors (Lipinski definition) is 0. The van der Waals surface area contributed by atoms with Crippen molar-refractivity contribution in [1.29, 1.82) is 0 Å². The van der Waals surface area contributed by atoms with Gasteiger partial charge in [-0.2, -0.15) is 0 Å². The van der Waals surface area contributed by atoms with Crippen molar-refractivity contribution in [2.75, 3.05) is 0 Å². The Morgan fingerprint density at radius 2 is 2.00 bits per heavy atom. The van der Waals surface area contributed by atoms with E-state index in [4.69, 9.17) is 0 Å². The third-order valence-corrected chi connectivity index (χ3v) is 2.60. The highest BCUT2D eigenvalue weighted by molar-refractivity contribution is 5.44. The summed E-state index contributed by atoms with van der Waals surface area (Å²) in [6, 6.07) is 0. The monoisotopic (exact) mass is 180 g/mol. The number of alkyl halides is 1. The minimum Gasteiger partial charge on any atom is -0.242 e. The zero-order valence-corrected chi connectivity index (χ0v) is 8.82. The van der Waals surface area contributed by atoms with Crippen molar-refractivity contribution in [2.24, 2.45) is 0 Å². The summed E-state index contributed by atoms with van der Waals surface area (Å²) in [5, 5.41) is 0. The second-order valence-electron chi connectivity index (χ2n) is 3.83. The van der Waals surface area contributed by atoms with Crippen LogP contribution in [0.3, 0.4) is 0 Å². The van der Waals surface area contributed by atoms with Gasteiger partial charge in [-0.1, -0.05) is 17.7 Å². The third kappa shape index (κ3) is 2.09. The molecule has 1 atom stereocenters. The fraction of sp³-hybridized carbons (Fsp3) is 0.500. The first kappa shape index (κ1) is 10.2. The van der Waals surface area contributed by atoms with Gasteiger partial charge in [0.05, 0.1) is 0 Å². The molecule has 1 unspecified atom stereocenters. The number of halogens is 1. The van der Waals surface area contributed by atoms with Crippen molar-refractivity contribution >= 4 is 0 Å². The molecule has 1 rings (SSSR count). The quantitative estimate of drug-likeness (QED) is 0.573. The van der Waals surface area contributed by atoms with Crippen molar-refractivity contribution in [1.82, 2.24) is 0 Å². The van der Waals surface area contributed by atoms with Crippen LogP contribution in [-0.2, 0) is 0 Å². The molecule has 0 saturated carbocycles. The lowest BCUT2D eigenvalue weighted by molar-refractivity contribution is 0.383. The Balaban J connectivity index is 3.13. The van der Waals surface area contributed by atoms with E-state index in [0.29, 0.717) is 6.42 Å². The molecule has 13 heavy (non-hydrogen) atoms. The van der Waals surface area contributed by atoms with Gasteiger partial charge in [0, 0.05) is 6.42 Å². The first-order valence-corrected chi connectivity index (χ1v) is 4.70. The van der Waals surface area contributed by atoms with Gasteiger partial charge in [0.15, 0.2) is 0 Å². The normalized spacial score (nSPS) is 22.1. The third-order valence-electron chi connectivity index (χ3n) is 2.60. The van der Waals surface area contributed by atoms with E-state index < -0.39 is 6.17 Å². The summed E-state index contributed by atoms with van der Waals surface area (Å²) < 4.78 is 13.6. The first-order valence-electron chi connectivity index (χ1n) is 4.70. The Morgan fingerprint density at radius 1 is 1.38 bits per heavy atom. The largest absolute Gasteiger partial charge is 0.242 e. The minimum absolute atomic E-state index is 0.525. The second kappa shape index (κ2) is 3.91. The van der Waals surface area contributed by atoms with E-state index in [2.05, 4.69) is 0 Å². The summed E-state index contributed by atoms with van der Waals surface area (Å²) in [5.74, 6) is 0. The molecule has 0 N–H and O–H groups in total. The van der Waals surface area contributed by atoms with Crippen LogP contribution in [0.25, 0.3) is 0 Å². The zero-order chi connectivity index (χ0) is 10.0. The lowest BCUT2D eigenvalue weighted by atomic mass is 9.89. The van der Waals surface area contributed by atoms with Gasteiger partial charge in [-0.05, 0) is 44.4 Å². The highest BCUT2D eigenvalue weighted by atomic mass is 19.1. The highest BCUT2D eigenvalue weighted by Gasteiger charge is 2.18. The molecule has 0 aromatic carbocycles. The van der Waals surface area contributed by atoms with Crippen LogP contribution in [0.5, 0.6) is 0 Å². The van der Waals surface area contributed by atoms with Crippen LogP contribution in [0, 0.1) is 0 Å². The van der Waals surface area contributed by atoms with Crippen molar-refractivity contribution in [3.05, 3.63) is 34.4 Å². The maximum absolute atomic E-state index is 13.6. The molecule has 0 heterocycles. The van der Waals surface area contributed by atoms with E-state index in [1.807, 2.05) is 39.8 Å². The first-order chi connectivity index (χ1) is 6.04. The summed E-state index contributed by atoms with van der Waals surface area (Å²) in [6.07, 6.45) is 3.64. The fourth-order valence-corrected chi connectivity index (χ4v) is 1.62. The highest BCUT2D eigenvalue weighted by Crippen LogP contribution is 2.29. The zero-order valence-electron chi connectivity index (χ0n) is 8.82. The van der Waals surface area contributed by atoms with Crippen LogP contribution in [0.4, 0.5) is 4.39 Å². The van der Waals surface area contributed by atoms with Gasteiger partial charge in [-0.15, -0.1) is 0 Å². The standard InChI is InChI=1S/C12H17F/c1-8(2)10(4)12-9(3)6-5-7-11(12)13/h5-6,11H,7H2,1-4H3. The smallest absolute Gasteiger partial charge is 0.129 e. The molecule has 0 amide bonds. The van der Waals surface area contributed by atoms with E-state index in [1.165, 1.54) is 5.57 Å². The molecular formula is C12H17F. The molecule has 1 aliphatic carbocycles. The molecule has 0 radical (unpaired) electrons. The Bertz CT molecular complexity index is 288. The molecule has 0 aliphatic heterocycles. The lowest BCUT2D eigenvalue weighted by Gasteiger charge is -2.19. The summed E-state index contributed by atoms with van der Waals surface area (Å²) >= 11 is 0. The van der Waals surface area contributed by atoms with Gasteiger partial charge >= 0.3 is 0 Å². The summed E-state index contributed by atoms with van der Waals surface area (Å²) in [5.41, 5.74) is 4.27. The topological polar surface area (TPSA) is 0 Å². The second-order valence-corrected chi connectivity index (χ2v) is 3.83. The SMILES string of the molecule is CC(C)=C(C)C1=C(C)C=CCC1F. The van der Waals surface area contributed by atoms with E-state index in [-0.39, 0.29) is 0 Å². The molecular weight excluding hydrogens is 163 g/mol. The van der Waals surface area contributed by atoms with E-state index in [9.17, 15) is 4.39 Å². The van der Waals surface area contributed by atoms with Crippen molar-refractivity contribution in [3.63, 3.8) is 0 Å². The number of rotatable bonds is 1. The lowest BCUT2D eigenvalue weighted by Crippen LogP contribution is -2.10. The molecule has 0 bridgehead atoms. The van der Waals surface area contributed by atoms with Crippen LogP contribution >= 0.6 is 0 Å². The Labute approximate surface area is 79.8 Å². The summed E-state index contributed by atoms with van der Waals surface area (Å²) in [4.78, 5) is 0. The van der Waals surface area contributed by atoms with Crippen LogP contribution < -0.4 is 0 Å². The maximum atomic E-state index is 13.6. The summed E-state index contributed by atoms with van der Waals surface area (Å²) in [7, 11) is 0. The average molecular weight is 180 g/mol. The molecule has 1 aliphatic rings. The van der Waals surface area contributed by atoms with Crippen LogP contribution in [0.2, 0.25) is 0 Å². The fourth-order valence-electron chi connectivity index (χ4n) is 1.62. The molecule has 72 valence electrons. The molecule has 0 fully saturated rings. The Hall–Kier alpha value is -0.850. The van der Waals surface area contributed by atoms with Crippen molar-refractivity contribution in [3.8, 4) is 0 Å². The van der Waals surface area contributed by atoms with Gasteiger partial charge in [-0.25, -0.2) is 4.39 Å². The van der Waals surface area contributed by atoms with Gasteiger partial charge in [0.2, 0.25) is 0 Å².